The number of hydrogen-bond acceptors (Lipinski definition) is 5. The van der Waals surface area contributed by atoms with Crippen molar-refractivity contribution >= 4 is 10.4 Å². The first-order valence-electron chi connectivity index (χ1n) is 2.74. The second-order valence-electron chi connectivity index (χ2n) is 2.05. The first-order valence-corrected chi connectivity index (χ1v) is 4.07. The van der Waals surface area contributed by atoms with E-state index in [4.69, 9.17) is 0 Å². The lowest BCUT2D eigenvalue weighted by Gasteiger charge is -2.05. The molecule has 11 heavy (non-hydrogen) atoms. The van der Waals surface area contributed by atoms with Gasteiger partial charge >= 0.3 is 16.4 Å². The standard InChI is InChI=1S/C4H4N2O4S/c1-6-2-3-5-4(6)10-11(7,8)9-3/h2H,1H3. The van der Waals surface area contributed by atoms with E-state index in [1.165, 1.54) is 10.8 Å². The molecule has 2 heterocycles. The fourth-order valence-corrected chi connectivity index (χ4v) is 1.41. The summed E-state index contributed by atoms with van der Waals surface area (Å²) in [5, 5.41) is 0. The molecule has 0 spiro atoms. The molecule has 0 radical (unpaired) electrons. The summed E-state index contributed by atoms with van der Waals surface area (Å²) in [4.78, 5) is 3.65. The van der Waals surface area contributed by atoms with E-state index in [1.54, 1.807) is 7.05 Å². The second kappa shape index (κ2) is 1.67. The van der Waals surface area contributed by atoms with Crippen LogP contribution in [0.25, 0.3) is 0 Å². The maximum absolute atomic E-state index is 10.7. The lowest BCUT2D eigenvalue weighted by molar-refractivity contribution is 0.355. The maximum Gasteiger partial charge on any atom is 0.505 e. The predicted octanol–water partition coefficient (Wildman–Crippen LogP) is -0.564. The molecule has 1 aromatic rings. The number of aryl methyl sites for hydroxylation is 1. The van der Waals surface area contributed by atoms with Crippen molar-refractivity contribution in [2.45, 2.75) is 0 Å². The highest BCUT2D eigenvalue weighted by atomic mass is 32.3. The Morgan fingerprint density at radius 2 is 2.27 bits per heavy atom. The van der Waals surface area contributed by atoms with Crippen LogP contribution in [0.3, 0.4) is 0 Å². The van der Waals surface area contributed by atoms with Crippen LogP contribution in [-0.4, -0.2) is 18.0 Å². The summed E-state index contributed by atoms with van der Waals surface area (Å²) < 4.78 is 31.4. The molecule has 0 saturated heterocycles. The first kappa shape index (κ1) is 6.47. The summed E-state index contributed by atoms with van der Waals surface area (Å²) >= 11 is 0. The molecule has 0 unspecified atom stereocenters. The van der Waals surface area contributed by atoms with Gasteiger partial charge < -0.3 is 8.37 Å². The smallest absolute Gasteiger partial charge is 0.330 e. The monoisotopic (exact) mass is 176 g/mol. The molecule has 1 aromatic heterocycles. The summed E-state index contributed by atoms with van der Waals surface area (Å²) in [6.45, 7) is 0. The van der Waals surface area contributed by atoms with Crippen LogP contribution >= 0.6 is 0 Å². The number of aromatic nitrogens is 2. The Morgan fingerprint density at radius 1 is 1.55 bits per heavy atom. The van der Waals surface area contributed by atoms with Crippen molar-refractivity contribution in [2.75, 3.05) is 0 Å². The Balaban J connectivity index is 2.61. The van der Waals surface area contributed by atoms with Crippen LogP contribution in [0.1, 0.15) is 0 Å². The topological polar surface area (TPSA) is 70.4 Å². The quantitative estimate of drug-likeness (QED) is 0.529. The van der Waals surface area contributed by atoms with E-state index in [1.807, 2.05) is 0 Å². The average Bonchev–Trinajstić information content (AvgIpc) is 2.05. The van der Waals surface area contributed by atoms with Gasteiger partial charge in [-0.25, -0.2) is 0 Å². The number of fused-ring (bicyclic) bond motifs is 2. The zero-order chi connectivity index (χ0) is 8.06. The van der Waals surface area contributed by atoms with Gasteiger partial charge in [0.1, 0.15) is 0 Å². The normalized spacial score (nSPS) is 18.6. The molecule has 0 aromatic carbocycles. The van der Waals surface area contributed by atoms with Gasteiger partial charge in [-0.1, -0.05) is 0 Å². The molecule has 6 nitrogen and oxygen atoms in total. The van der Waals surface area contributed by atoms with E-state index in [0.29, 0.717) is 0 Å². The third-order valence-corrected chi connectivity index (χ3v) is 1.90. The molecule has 0 fully saturated rings. The molecule has 0 N–H and O–H groups in total. The van der Waals surface area contributed by atoms with Crippen LogP contribution in [0, 0.1) is 0 Å². The third-order valence-electron chi connectivity index (χ3n) is 1.18. The fourth-order valence-electron chi connectivity index (χ4n) is 0.753. The Labute approximate surface area is 62.7 Å². The molecule has 1 aliphatic heterocycles. The van der Waals surface area contributed by atoms with Gasteiger partial charge in [-0.05, 0) is 0 Å². The van der Waals surface area contributed by atoms with Crippen molar-refractivity contribution in [1.82, 2.24) is 9.55 Å². The number of hydrogen-bond donors (Lipinski definition) is 0. The van der Waals surface area contributed by atoms with Gasteiger partial charge in [-0.2, -0.15) is 4.98 Å². The summed E-state index contributed by atoms with van der Waals surface area (Å²) in [6.07, 6.45) is 1.42. The van der Waals surface area contributed by atoms with E-state index in [0.717, 1.165) is 0 Å². The fraction of sp³-hybridized carbons (Fsp3) is 0.250. The summed E-state index contributed by atoms with van der Waals surface area (Å²) in [7, 11) is -2.29. The highest BCUT2D eigenvalue weighted by Gasteiger charge is 2.27. The predicted molar refractivity (Wildman–Crippen MR) is 33.4 cm³/mol. The van der Waals surface area contributed by atoms with Gasteiger partial charge in [0.2, 0.25) is 0 Å². The SMILES string of the molecule is Cn1cc2nc1OS(=O)(=O)O2. The zero-order valence-electron chi connectivity index (χ0n) is 5.51. The molecular weight excluding hydrogens is 172 g/mol. The van der Waals surface area contributed by atoms with E-state index in [9.17, 15) is 8.42 Å². The molecule has 60 valence electrons. The Hall–Kier alpha value is -1.24. The van der Waals surface area contributed by atoms with E-state index < -0.39 is 10.4 Å². The Bertz CT molecular complexity index is 388. The summed E-state index contributed by atoms with van der Waals surface area (Å²) in [5.74, 6) is 0.0359. The molecule has 2 bridgehead atoms. The molecule has 0 amide bonds. The highest BCUT2D eigenvalue weighted by molar-refractivity contribution is 7.82. The minimum atomic E-state index is -3.89. The van der Waals surface area contributed by atoms with Crippen LogP contribution in [0.4, 0.5) is 0 Å². The second-order valence-corrected chi connectivity index (χ2v) is 3.20. The van der Waals surface area contributed by atoms with Crippen molar-refractivity contribution in [3.8, 4) is 11.9 Å². The third kappa shape index (κ3) is 0.929. The average molecular weight is 176 g/mol. The number of rotatable bonds is 0. The molecular formula is C4H4N2O4S. The summed E-state index contributed by atoms with van der Waals surface area (Å²) in [5.41, 5.74) is 0. The van der Waals surface area contributed by atoms with Gasteiger partial charge in [-0.3, -0.25) is 4.57 Å². The minimum absolute atomic E-state index is 0.0197. The molecule has 0 atom stereocenters. The van der Waals surface area contributed by atoms with Gasteiger partial charge in [0.05, 0.1) is 6.20 Å². The van der Waals surface area contributed by atoms with Gasteiger partial charge in [-0.15, -0.1) is 8.42 Å². The van der Waals surface area contributed by atoms with Crippen LogP contribution < -0.4 is 8.37 Å². The number of nitrogens with zero attached hydrogens (tertiary/aromatic N) is 2. The van der Waals surface area contributed by atoms with Crippen LogP contribution in [0.5, 0.6) is 11.9 Å². The lowest BCUT2D eigenvalue weighted by Crippen LogP contribution is -2.20. The largest absolute Gasteiger partial charge is 0.505 e. The van der Waals surface area contributed by atoms with E-state index >= 15 is 0 Å². The molecule has 0 aliphatic carbocycles. The highest BCUT2D eigenvalue weighted by Crippen LogP contribution is 2.23. The van der Waals surface area contributed by atoms with E-state index in [2.05, 4.69) is 13.4 Å². The Kier molecular flexibility index (Phi) is 0.984. The van der Waals surface area contributed by atoms with Gasteiger partial charge in [0, 0.05) is 7.05 Å². The first-order chi connectivity index (χ1) is 5.07. The zero-order valence-corrected chi connectivity index (χ0v) is 6.33. The van der Waals surface area contributed by atoms with Crippen LogP contribution in [0.2, 0.25) is 0 Å². The molecule has 2 rings (SSSR count). The van der Waals surface area contributed by atoms with Crippen LogP contribution in [0.15, 0.2) is 6.20 Å². The van der Waals surface area contributed by atoms with Crippen molar-refractivity contribution in [3.05, 3.63) is 6.20 Å². The van der Waals surface area contributed by atoms with E-state index in [-0.39, 0.29) is 11.9 Å². The molecule has 0 saturated carbocycles. The van der Waals surface area contributed by atoms with Crippen molar-refractivity contribution in [2.24, 2.45) is 7.05 Å². The maximum atomic E-state index is 10.7. The van der Waals surface area contributed by atoms with Crippen molar-refractivity contribution in [3.63, 3.8) is 0 Å². The molecule has 7 heteroatoms. The summed E-state index contributed by atoms with van der Waals surface area (Å²) in [6, 6.07) is 0.0197. The van der Waals surface area contributed by atoms with Crippen LogP contribution in [-0.2, 0) is 17.4 Å². The van der Waals surface area contributed by atoms with Crippen molar-refractivity contribution < 1.29 is 16.8 Å². The van der Waals surface area contributed by atoms with Crippen molar-refractivity contribution in [1.29, 1.82) is 0 Å². The van der Waals surface area contributed by atoms with Gasteiger partial charge in [0.15, 0.2) is 0 Å². The van der Waals surface area contributed by atoms with Gasteiger partial charge in [0.25, 0.3) is 5.88 Å². The Morgan fingerprint density at radius 3 is 2.91 bits per heavy atom. The lowest BCUT2D eigenvalue weighted by atomic mass is 10.8. The molecule has 1 aliphatic rings. The number of imidazole rings is 1. The minimum Gasteiger partial charge on any atom is -0.330 e.